The average Bonchev–Trinajstić information content (AvgIpc) is 2.83. The van der Waals surface area contributed by atoms with Crippen molar-refractivity contribution in [1.82, 2.24) is 9.80 Å². The number of piperazine rings is 1. The third-order valence-corrected chi connectivity index (χ3v) is 6.30. The number of ether oxygens (including phenoxy) is 3. The van der Waals surface area contributed by atoms with Gasteiger partial charge in [-0.25, -0.2) is 0 Å². The highest BCUT2D eigenvalue weighted by molar-refractivity contribution is 5.98. The van der Waals surface area contributed by atoms with E-state index in [1.807, 2.05) is 49.1 Å². The van der Waals surface area contributed by atoms with Crippen molar-refractivity contribution < 1.29 is 23.8 Å². The predicted molar refractivity (Wildman–Crippen MR) is 127 cm³/mol. The van der Waals surface area contributed by atoms with Gasteiger partial charge in [-0.3, -0.25) is 14.5 Å². The van der Waals surface area contributed by atoms with Crippen molar-refractivity contribution >= 4 is 11.7 Å². The van der Waals surface area contributed by atoms with Crippen LogP contribution in [0.4, 0.5) is 0 Å². The molecule has 3 rings (SSSR count). The summed E-state index contributed by atoms with van der Waals surface area (Å²) in [4.78, 5) is 29.3. The molecule has 2 aromatic carbocycles. The summed E-state index contributed by atoms with van der Waals surface area (Å²) in [6, 6.07) is 9.57. The van der Waals surface area contributed by atoms with E-state index in [1.54, 1.807) is 21.3 Å². The molecule has 1 saturated heterocycles. The number of nitrogens with zero attached hydrogens (tertiary/aromatic N) is 2. The predicted octanol–water partition coefficient (Wildman–Crippen LogP) is 3.64. The summed E-state index contributed by atoms with van der Waals surface area (Å²) >= 11 is 0. The monoisotopic (exact) mass is 454 g/mol. The lowest BCUT2D eigenvalue weighted by Gasteiger charge is -2.35. The van der Waals surface area contributed by atoms with Gasteiger partial charge in [-0.1, -0.05) is 18.2 Å². The second-order valence-corrected chi connectivity index (χ2v) is 8.37. The maximum atomic E-state index is 12.7. The number of carbonyl (C=O) groups excluding carboxylic acids is 2. The summed E-state index contributed by atoms with van der Waals surface area (Å²) in [6.45, 7) is 7.51. The Kier molecular flexibility index (Phi) is 8.33. The number of ketones is 1. The van der Waals surface area contributed by atoms with Gasteiger partial charge in [0, 0.05) is 56.7 Å². The fraction of sp³-hybridized carbons (Fsp3) is 0.462. The number of methoxy groups -OCH3 is 3. The first-order valence-corrected chi connectivity index (χ1v) is 11.3. The van der Waals surface area contributed by atoms with Crippen LogP contribution in [0.15, 0.2) is 30.3 Å². The molecule has 1 heterocycles. The molecule has 1 fully saturated rings. The molecule has 1 aliphatic rings. The van der Waals surface area contributed by atoms with Gasteiger partial charge in [-0.05, 0) is 37.1 Å². The molecule has 1 aliphatic heterocycles. The second-order valence-electron chi connectivity index (χ2n) is 8.37. The summed E-state index contributed by atoms with van der Waals surface area (Å²) < 4.78 is 16.4. The van der Waals surface area contributed by atoms with Crippen molar-refractivity contribution in [2.24, 2.45) is 0 Å². The second kappa shape index (κ2) is 11.2. The Balaban J connectivity index is 1.52. The van der Waals surface area contributed by atoms with Gasteiger partial charge < -0.3 is 19.1 Å². The Morgan fingerprint density at radius 1 is 0.818 bits per heavy atom. The molecule has 0 aliphatic carbocycles. The Bertz CT molecular complexity index is 996. The molecule has 0 N–H and O–H groups in total. The van der Waals surface area contributed by atoms with Crippen LogP contribution in [0.25, 0.3) is 0 Å². The molecule has 33 heavy (non-hydrogen) atoms. The topological polar surface area (TPSA) is 68.3 Å². The summed E-state index contributed by atoms with van der Waals surface area (Å²) in [6.07, 6.45) is 0.486. The van der Waals surface area contributed by atoms with E-state index in [4.69, 9.17) is 14.2 Å². The summed E-state index contributed by atoms with van der Waals surface area (Å²) in [5, 5.41) is 0. The maximum Gasteiger partial charge on any atom is 0.223 e. The van der Waals surface area contributed by atoms with Crippen molar-refractivity contribution in [2.45, 2.75) is 33.2 Å². The fourth-order valence-corrected chi connectivity index (χ4v) is 4.12. The molecule has 0 bridgehead atoms. The van der Waals surface area contributed by atoms with Crippen LogP contribution in [0.2, 0.25) is 0 Å². The van der Waals surface area contributed by atoms with Crippen LogP contribution in [0, 0.1) is 13.8 Å². The molecule has 0 atom stereocenters. The van der Waals surface area contributed by atoms with Gasteiger partial charge in [0.05, 0.1) is 21.3 Å². The smallest absolute Gasteiger partial charge is 0.223 e. The van der Waals surface area contributed by atoms with Crippen LogP contribution in [0.1, 0.15) is 39.9 Å². The van der Waals surface area contributed by atoms with Crippen molar-refractivity contribution in [3.05, 3.63) is 52.6 Å². The van der Waals surface area contributed by atoms with E-state index in [0.717, 1.165) is 29.8 Å². The van der Waals surface area contributed by atoms with Gasteiger partial charge in [0.25, 0.3) is 0 Å². The Morgan fingerprint density at radius 3 is 2.12 bits per heavy atom. The van der Waals surface area contributed by atoms with Crippen LogP contribution in [-0.2, 0) is 11.3 Å². The van der Waals surface area contributed by atoms with Gasteiger partial charge in [-0.15, -0.1) is 0 Å². The first-order chi connectivity index (χ1) is 15.9. The van der Waals surface area contributed by atoms with Crippen LogP contribution in [-0.4, -0.2) is 69.0 Å². The third-order valence-electron chi connectivity index (χ3n) is 6.30. The highest BCUT2D eigenvalue weighted by Crippen LogP contribution is 2.40. The number of Topliss-reactive ketones (excluding diaryl/α,β-unsaturated/α-hetero) is 1. The minimum atomic E-state index is 0.0191. The van der Waals surface area contributed by atoms with Crippen molar-refractivity contribution in [3.63, 3.8) is 0 Å². The molecule has 0 radical (unpaired) electrons. The molecule has 7 nitrogen and oxygen atoms in total. The summed E-state index contributed by atoms with van der Waals surface area (Å²) in [7, 11) is 4.82. The minimum Gasteiger partial charge on any atom is -0.493 e. The zero-order valence-corrected chi connectivity index (χ0v) is 20.3. The summed E-state index contributed by atoms with van der Waals surface area (Å²) in [5.41, 5.74) is 3.94. The van der Waals surface area contributed by atoms with E-state index in [0.29, 0.717) is 42.4 Å². The Morgan fingerprint density at radius 2 is 1.52 bits per heavy atom. The van der Waals surface area contributed by atoms with Crippen molar-refractivity contribution in [2.75, 3.05) is 47.5 Å². The number of carbonyl (C=O) groups is 2. The quantitative estimate of drug-likeness (QED) is 0.539. The molecule has 0 unspecified atom stereocenters. The molecular formula is C26H34N2O5. The number of hydrogen-bond donors (Lipinski definition) is 0. The lowest BCUT2D eigenvalue weighted by Crippen LogP contribution is -2.48. The van der Waals surface area contributed by atoms with Gasteiger partial charge in [0.15, 0.2) is 17.3 Å². The van der Waals surface area contributed by atoms with Gasteiger partial charge in [-0.2, -0.15) is 0 Å². The van der Waals surface area contributed by atoms with E-state index in [2.05, 4.69) is 4.90 Å². The van der Waals surface area contributed by atoms with E-state index in [1.165, 1.54) is 0 Å². The average molecular weight is 455 g/mol. The zero-order chi connectivity index (χ0) is 24.0. The van der Waals surface area contributed by atoms with Crippen molar-refractivity contribution in [3.8, 4) is 17.2 Å². The lowest BCUT2D eigenvalue weighted by atomic mass is 10.0. The van der Waals surface area contributed by atoms with Gasteiger partial charge >= 0.3 is 0 Å². The van der Waals surface area contributed by atoms with E-state index < -0.39 is 0 Å². The highest BCUT2D eigenvalue weighted by Gasteiger charge is 2.24. The largest absolute Gasteiger partial charge is 0.493 e. The molecule has 0 spiro atoms. The van der Waals surface area contributed by atoms with E-state index in [9.17, 15) is 9.59 Å². The van der Waals surface area contributed by atoms with Crippen LogP contribution >= 0.6 is 0 Å². The number of aryl methyl sites for hydroxylation is 2. The number of rotatable bonds is 9. The van der Waals surface area contributed by atoms with E-state index in [-0.39, 0.29) is 24.5 Å². The molecule has 2 aromatic rings. The minimum absolute atomic E-state index is 0.0191. The molecule has 1 amide bonds. The zero-order valence-electron chi connectivity index (χ0n) is 20.3. The normalized spacial score (nSPS) is 14.2. The Labute approximate surface area is 196 Å². The fourth-order valence-electron chi connectivity index (χ4n) is 4.12. The van der Waals surface area contributed by atoms with E-state index >= 15 is 0 Å². The summed E-state index contributed by atoms with van der Waals surface area (Å²) in [5.74, 6) is 1.94. The standard InChI is InChI=1S/C26H34N2O5/c1-18-6-7-20(16-19(18)2)22(29)9-11-24(30)28-14-12-27(13-15-28)17-21-8-10-23(31-3)26(33-5)25(21)32-4/h6-8,10,16H,9,11-15,17H2,1-5H3. The Hall–Kier alpha value is -3.06. The van der Waals surface area contributed by atoms with Crippen molar-refractivity contribution in [1.29, 1.82) is 0 Å². The van der Waals surface area contributed by atoms with Gasteiger partial charge in [0.1, 0.15) is 0 Å². The van der Waals surface area contributed by atoms with Crippen LogP contribution < -0.4 is 14.2 Å². The SMILES string of the molecule is COc1ccc(CN2CCN(C(=O)CCC(=O)c3ccc(C)c(C)c3)CC2)c(OC)c1OC. The number of benzene rings is 2. The lowest BCUT2D eigenvalue weighted by molar-refractivity contribution is -0.133. The first-order valence-electron chi connectivity index (χ1n) is 11.3. The van der Waals surface area contributed by atoms with Crippen LogP contribution in [0.3, 0.4) is 0 Å². The molecule has 0 saturated carbocycles. The maximum absolute atomic E-state index is 12.7. The first kappa shape index (κ1) is 24.6. The molecule has 7 heteroatoms. The highest BCUT2D eigenvalue weighted by atomic mass is 16.5. The van der Waals surface area contributed by atoms with Gasteiger partial charge in [0.2, 0.25) is 11.7 Å². The van der Waals surface area contributed by atoms with Crippen LogP contribution in [0.5, 0.6) is 17.2 Å². The molecular weight excluding hydrogens is 420 g/mol. The third kappa shape index (κ3) is 5.85. The number of hydrogen-bond acceptors (Lipinski definition) is 6. The molecule has 178 valence electrons. The molecule has 0 aromatic heterocycles. The number of amides is 1.